The van der Waals surface area contributed by atoms with Gasteiger partial charge < -0.3 is 19.8 Å². The third kappa shape index (κ3) is 3.42. The number of carbonyl (C=O) groups is 1. The van der Waals surface area contributed by atoms with E-state index in [2.05, 4.69) is 23.3 Å². The van der Waals surface area contributed by atoms with Gasteiger partial charge in [-0.05, 0) is 68.5 Å². The van der Waals surface area contributed by atoms with Crippen molar-refractivity contribution in [2.24, 2.45) is 0 Å². The van der Waals surface area contributed by atoms with Crippen LogP contribution < -0.4 is 4.74 Å². The minimum absolute atomic E-state index is 0.00731. The quantitative estimate of drug-likeness (QED) is 0.445. The zero-order chi connectivity index (χ0) is 28.7. The number of likely N-dealkylation sites (tertiary alicyclic amines) is 1. The van der Waals surface area contributed by atoms with Crippen LogP contribution in [-0.4, -0.2) is 69.3 Å². The van der Waals surface area contributed by atoms with Gasteiger partial charge in [-0.3, -0.25) is 9.69 Å². The van der Waals surface area contributed by atoms with Gasteiger partial charge in [0, 0.05) is 43.2 Å². The molecule has 1 spiro atoms. The fraction of sp³-hybridized carbons (Fsp3) is 0.452. The summed E-state index contributed by atoms with van der Waals surface area (Å²) in [6.45, 7) is 7.16. The van der Waals surface area contributed by atoms with Crippen LogP contribution in [0, 0.1) is 11.8 Å². The van der Waals surface area contributed by atoms with Gasteiger partial charge in [0.1, 0.15) is 5.60 Å². The van der Waals surface area contributed by atoms with E-state index in [1.54, 1.807) is 13.1 Å². The van der Waals surface area contributed by atoms with Gasteiger partial charge in [0.05, 0.1) is 22.6 Å². The van der Waals surface area contributed by atoms with Crippen LogP contribution in [0.1, 0.15) is 48.4 Å². The number of hydrogen-bond donors (Lipinski definition) is 2. The molecule has 2 aliphatic carbocycles. The lowest BCUT2D eigenvalue weighted by Crippen LogP contribution is -2.82. The Balaban J connectivity index is 1.37. The molecule has 4 aliphatic rings. The Morgan fingerprint density at radius 3 is 2.65 bits per heavy atom. The van der Waals surface area contributed by atoms with E-state index < -0.39 is 40.3 Å². The first-order valence-electron chi connectivity index (χ1n) is 13.4. The van der Waals surface area contributed by atoms with E-state index in [9.17, 15) is 28.2 Å². The molecule has 0 aromatic heterocycles. The van der Waals surface area contributed by atoms with Gasteiger partial charge in [0.15, 0.2) is 11.5 Å². The van der Waals surface area contributed by atoms with Crippen molar-refractivity contribution in [2.75, 3.05) is 20.1 Å². The highest BCUT2D eigenvalue weighted by molar-refractivity contribution is 5.94. The molecule has 0 radical (unpaired) electrons. The Hall–Kier alpha value is -3.48. The van der Waals surface area contributed by atoms with Crippen molar-refractivity contribution in [3.05, 3.63) is 71.3 Å². The molecule has 1 saturated heterocycles. The molecule has 1 saturated carbocycles. The summed E-state index contributed by atoms with van der Waals surface area (Å²) in [6, 6.07) is 7.23. The third-order valence-electron chi connectivity index (χ3n) is 9.84. The lowest BCUT2D eigenvalue weighted by Gasteiger charge is -2.67. The Kier molecular flexibility index (Phi) is 5.85. The van der Waals surface area contributed by atoms with Gasteiger partial charge in [-0.15, -0.1) is 6.58 Å². The fourth-order valence-corrected chi connectivity index (χ4v) is 8.11. The number of nitrogens with zero attached hydrogens (tertiary/aromatic N) is 2. The number of piperidine rings is 1. The second-order valence-electron chi connectivity index (χ2n) is 11.5. The second kappa shape index (κ2) is 8.76. The van der Waals surface area contributed by atoms with Crippen LogP contribution in [0.3, 0.4) is 0 Å². The molecule has 2 N–H and O–H groups in total. The van der Waals surface area contributed by atoms with Gasteiger partial charge in [-0.2, -0.15) is 13.2 Å². The molecule has 2 aromatic carbocycles. The Morgan fingerprint density at radius 2 is 1.98 bits per heavy atom. The summed E-state index contributed by atoms with van der Waals surface area (Å²) in [7, 11) is 1.64. The zero-order valence-corrected chi connectivity index (χ0v) is 22.4. The predicted octanol–water partition coefficient (Wildman–Crippen LogP) is 4.02. The fourth-order valence-electron chi connectivity index (χ4n) is 8.11. The van der Waals surface area contributed by atoms with Crippen LogP contribution in [0.5, 0.6) is 11.5 Å². The average molecular weight is 553 g/mol. The summed E-state index contributed by atoms with van der Waals surface area (Å²) < 4.78 is 45.3. The van der Waals surface area contributed by atoms with E-state index in [4.69, 9.17) is 4.74 Å². The van der Waals surface area contributed by atoms with Crippen LogP contribution in [0.15, 0.2) is 49.1 Å². The van der Waals surface area contributed by atoms with E-state index in [1.165, 1.54) is 17.0 Å². The van der Waals surface area contributed by atoms with Crippen molar-refractivity contribution in [2.45, 2.75) is 67.5 Å². The minimum Gasteiger partial charge on any atom is -0.504 e. The van der Waals surface area contributed by atoms with Crippen molar-refractivity contribution in [3.8, 4) is 23.3 Å². The number of aromatic hydroxyl groups is 1. The van der Waals surface area contributed by atoms with Gasteiger partial charge in [-0.1, -0.05) is 18.1 Å². The molecule has 210 valence electrons. The first-order chi connectivity index (χ1) is 18.9. The number of amides is 1. The highest BCUT2D eigenvalue weighted by Gasteiger charge is 2.78. The number of alkyl halides is 3. The zero-order valence-electron chi connectivity index (χ0n) is 22.4. The number of benzene rings is 2. The minimum atomic E-state index is -4.45. The molecule has 2 fully saturated rings. The van der Waals surface area contributed by atoms with Gasteiger partial charge in [0.25, 0.3) is 5.91 Å². The summed E-state index contributed by atoms with van der Waals surface area (Å²) in [5.74, 6) is 5.13. The molecule has 0 unspecified atom stereocenters. The van der Waals surface area contributed by atoms with Crippen LogP contribution in [-0.2, 0) is 22.8 Å². The van der Waals surface area contributed by atoms with Gasteiger partial charge >= 0.3 is 6.18 Å². The highest BCUT2D eigenvalue weighted by atomic mass is 19.4. The van der Waals surface area contributed by atoms with Crippen LogP contribution in [0.4, 0.5) is 13.2 Å². The standard InChI is InChI=1S/C31H31F3N2O4/c1-4-16-36-17-15-29-26-20-8-11-22(37)27(26)40-28(29,2)23(13-14-30(29,39)24(36)18-20)35(3)25(38)12-7-19-5-9-21(10-6-19)31(32,33)34/h4-6,8-11,23-24,37,39H,1,13-18H2,2-3H3/t23-,24+,28-,29-,30+/m0/s1. The van der Waals surface area contributed by atoms with Gasteiger partial charge in [-0.25, -0.2) is 0 Å². The maximum Gasteiger partial charge on any atom is 0.416 e. The molecule has 9 heteroatoms. The number of hydrogen-bond acceptors (Lipinski definition) is 5. The summed E-state index contributed by atoms with van der Waals surface area (Å²) in [5, 5.41) is 23.4. The molecule has 2 aliphatic heterocycles. The summed E-state index contributed by atoms with van der Waals surface area (Å²) in [4.78, 5) is 17.1. The molecule has 6 rings (SSSR count). The number of likely N-dealkylation sites (N-methyl/N-ethyl adjacent to an activating group) is 1. The Morgan fingerprint density at radius 1 is 1.25 bits per heavy atom. The van der Waals surface area contributed by atoms with Crippen molar-refractivity contribution in [3.63, 3.8) is 0 Å². The summed E-state index contributed by atoms with van der Waals surface area (Å²) >= 11 is 0. The van der Waals surface area contributed by atoms with E-state index in [-0.39, 0.29) is 11.8 Å². The molecule has 40 heavy (non-hydrogen) atoms. The Labute approximate surface area is 231 Å². The van der Waals surface area contributed by atoms with E-state index in [0.717, 1.165) is 23.3 Å². The number of rotatable bonds is 3. The largest absolute Gasteiger partial charge is 0.504 e. The van der Waals surface area contributed by atoms with E-state index in [1.807, 2.05) is 19.1 Å². The average Bonchev–Trinajstić information content (AvgIpc) is 3.19. The maximum atomic E-state index is 13.3. The van der Waals surface area contributed by atoms with Crippen LogP contribution in [0.25, 0.3) is 0 Å². The van der Waals surface area contributed by atoms with Crippen molar-refractivity contribution >= 4 is 5.91 Å². The topological polar surface area (TPSA) is 73.2 Å². The highest BCUT2D eigenvalue weighted by Crippen LogP contribution is 2.69. The summed E-state index contributed by atoms with van der Waals surface area (Å²) in [6.07, 6.45) is -0.547. The normalized spacial score (nSPS) is 31.9. The first-order valence-corrected chi connectivity index (χ1v) is 13.4. The van der Waals surface area contributed by atoms with Crippen molar-refractivity contribution in [1.29, 1.82) is 0 Å². The van der Waals surface area contributed by atoms with Crippen molar-refractivity contribution < 1.29 is 32.9 Å². The second-order valence-corrected chi connectivity index (χ2v) is 11.5. The van der Waals surface area contributed by atoms with Gasteiger partial charge in [0.2, 0.25) is 0 Å². The third-order valence-corrected chi connectivity index (χ3v) is 9.84. The number of carbonyl (C=O) groups excluding carboxylic acids is 1. The number of halogens is 3. The Bertz CT molecular complexity index is 1460. The van der Waals surface area contributed by atoms with E-state index in [0.29, 0.717) is 50.1 Å². The maximum absolute atomic E-state index is 13.3. The number of phenols is 1. The monoisotopic (exact) mass is 552 g/mol. The smallest absolute Gasteiger partial charge is 0.416 e. The molecule has 2 heterocycles. The summed E-state index contributed by atoms with van der Waals surface area (Å²) in [5.41, 5.74) is -1.70. The first kappa shape index (κ1) is 26.7. The molecule has 6 nitrogen and oxygen atoms in total. The molecule has 2 aromatic rings. The predicted molar refractivity (Wildman–Crippen MR) is 142 cm³/mol. The number of ether oxygens (including phenoxy) is 1. The van der Waals surface area contributed by atoms with Crippen LogP contribution >= 0.6 is 0 Å². The molecular formula is C31H31F3N2O4. The van der Waals surface area contributed by atoms with Crippen molar-refractivity contribution in [1.82, 2.24) is 9.80 Å². The molecular weight excluding hydrogens is 521 g/mol. The number of phenolic OH excluding ortho intramolecular Hbond substituents is 1. The number of aliphatic hydroxyl groups is 1. The molecule has 1 amide bonds. The lowest BCUT2D eigenvalue weighted by molar-refractivity contribution is -0.227. The lowest BCUT2D eigenvalue weighted by atomic mass is 9.44. The van der Waals surface area contributed by atoms with Crippen LogP contribution in [0.2, 0.25) is 0 Å². The van der Waals surface area contributed by atoms with E-state index >= 15 is 0 Å². The SMILES string of the molecule is C=CCN1CC[C@]23c4c5ccc(O)c4O[C@@]2(C)[C@@H](N(C)C(=O)C#Cc2ccc(C(F)(F)F)cc2)CC[C@@]3(O)[C@H]1C5. The molecule has 5 atom stereocenters. The molecule has 2 bridgehead atoms.